The van der Waals surface area contributed by atoms with Gasteiger partial charge in [0.25, 0.3) is 0 Å². The number of rotatable bonds is 0. The van der Waals surface area contributed by atoms with Crippen molar-refractivity contribution in [3.05, 3.63) is 34.8 Å². The average molecular weight is 233 g/mol. The van der Waals surface area contributed by atoms with E-state index in [4.69, 9.17) is 0 Å². The van der Waals surface area contributed by atoms with Crippen molar-refractivity contribution >= 4 is 55.4 Å². The zero-order valence-corrected chi connectivity index (χ0v) is 7.97. The Balaban J connectivity index is -0.000000163. The zero-order valence-electron chi connectivity index (χ0n) is 4.97. The maximum atomic E-state index is 3.31. The molecule has 0 aromatic heterocycles. The first-order valence-electron chi connectivity index (χ1n) is 2.10. The zero-order chi connectivity index (χ0) is 5.11. The van der Waals surface area contributed by atoms with Crippen LogP contribution in [0.15, 0.2) is 34.8 Å². The Hall–Kier alpha value is 1.09. The molecule has 0 spiro atoms. The molecule has 0 aliphatic rings. The van der Waals surface area contributed by atoms with E-state index < -0.39 is 0 Å². The molecular formula is C6H11BrNaOP. The predicted octanol–water partition coefficient (Wildman–Crippen LogP) is 1.03. The van der Waals surface area contributed by atoms with E-state index in [-0.39, 0.29) is 44.9 Å². The Bertz CT molecular complexity index is 148. The number of halogens is 1. The van der Waals surface area contributed by atoms with Crippen molar-refractivity contribution in [2.24, 2.45) is 0 Å². The molecule has 1 atom stereocenters. The first kappa shape index (κ1) is 17.3. The molecule has 0 aliphatic heterocycles. The van der Waals surface area contributed by atoms with Gasteiger partial charge in [-0.25, -0.2) is 0 Å². The van der Waals surface area contributed by atoms with Crippen LogP contribution in [0, 0.1) is 0 Å². The van der Waals surface area contributed by atoms with Gasteiger partial charge in [0, 0.05) is 4.47 Å². The fraction of sp³-hybridized carbons (Fsp3) is 0. The molecule has 2 N–H and O–H groups in total. The SMILES string of the molecule is Brc1ccccc1.O.P.[NaH]. The van der Waals surface area contributed by atoms with E-state index in [9.17, 15) is 0 Å². The van der Waals surface area contributed by atoms with Crippen molar-refractivity contribution in [2.75, 3.05) is 0 Å². The van der Waals surface area contributed by atoms with Gasteiger partial charge in [-0.15, -0.1) is 0 Å². The summed E-state index contributed by atoms with van der Waals surface area (Å²) in [7, 11) is 0. The van der Waals surface area contributed by atoms with Crippen LogP contribution < -0.4 is 0 Å². The molecule has 1 aromatic rings. The molecule has 10 heavy (non-hydrogen) atoms. The Labute approximate surface area is 94.9 Å². The van der Waals surface area contributed by atoms with E-state index >= 15 is 0 Å². The van der Waals surface area contributed by atoms with Gasteiger partial charge in [0.1, 0.15) is 0 Å². The molecule has 4 heteroatoms. The van der Waals surface area contributed by atoms with E-state index in [1.54, 1.807) is 0 Å². The average Bonchev–Trinajstić information content (AvgIpc) is 1.69. The quantitative estimate of drug-likeness (QED) is 0.473. The topological polar surface area (TPSA) is 31.5 Å². The Kier molecular flexibility index (Phi) is 17.4. The summed E-state index contributed by atoms with van der Waals surface area (Å²) < 4.78 is 1.13. The van der Waals surface area contributed by atoms with Gasteiger partial charge in [0.2, 0.25) is 0 Å². The fourth-order valence-electron chi connectivity index (χ4n) is 0.415. The van der Waals surface area contributed by atoms with Crippen molar-refractivity contribution in [3.63, 3.8) is 0 Å². The van der Waals surface area contributed by atoms with Gasteiger partial charge in [-0.3, -0.25) is 0 Å². The van der Waals surface area contributed by atoms with E-state index in [1.807, 2.05) is 30.3 Å². The Morgan fingerprint density at radius 2 is 1.40 bits per heavy atom. The summed E-state index contributed by atoms with van der Waals surface area (Å²) in [6.07, 6.45) is 0. The molecule has 1 rings (SSSR count). The van der Waals surface area contributed by atoms with Gasteiger partial charge in [0.05, 0.1) is 0 Å². The second kappa shape index (κ2) is 10.1. The normalized spacial score (nSPS) is 6.10. The predicted molar refractivity (Wildman–Crippen MR) is 56.0 cm³/mol. The third kappa shape index (κ3) is 7.20. The minimum absolute atomic E-state index is 0. The molecule has 0 saturated heterocycles. The van der Waals surface area contributed by atoms with Gasteiger partial charge in [-0.1, -0.05) is 34.1 Å². The second-order valence-electron chi connectivity index (χ2n) is 1.30. The van der Waals surface area contributed by atoms with Crippen molar-refractivity contribution in [2.45, 2.75) is 0 Å². The summed E-state index contributed by atoms with van der Waals surface area (Å²) in [4.78, 5) is 0. The van der Waals surface area contributed by atoms with Crippen LogP contribution in [0.25, 0.3) is 0 Å². The van der Waals surface area contributed by atoms with E-state index in [1.165, 1.54) is 0 Å². The first-order chi connectivity index (χ1) is 3.39. The molecule has 0 heterocycles. The molecule has 1 aromatic carbocycles. The monoisotopic (exact) mass is 232 g/mol. The van der Waals surface area contributed by atoms with E-state index in [0.717, 1.165) is 4.47 Å². The van der Waals surface area contributed by atoms with Gasteiger partial charge < -0.3 is 5.48 Å². The Morgan fingerprint density at radius 1 is 1.00 bits per heavy atom. The third-order valence-electron chi connectivity index (χ3n) is 0.733. The summed E-state index contributed by atoms with van der Waals surface area (Å²) >= 11 is 3.31. The number of hydrogen-bond acceptors (Lipinski definition) is 0. The van der Waals surface area contributed by atoms with Crippen LogP contribution in [0.4, 0.5) is 0 Å². The third-order valence-corrected chi connectivity index (χ3v) is 1.26. The Morgan fingerprint density at radius 3 is 1.60 bits per heavy atom. The maximum absolute atomic E-state index is 3.31. The summed E-state index contributed by atoms with van der Waals surface area (Å²) in [6, 6.07) is 9.97. The number of benzene rings is 1. The van der Waals surface area contributed by atoms with Gasteiger partial charge in [0.15, 0.2) is 0 Å². The molecule has 0 saturated carbocycles. The molecular weight excluding hydrogens is 222 g/mol. The molecule has 0 radical (unpaired) electrons. The molecule has 1 nitrogen and oxygen atoms in total. The number of hydrogen-bond donors (Lipinski definition) is 0. The van der Waals surface area contributed by atoms with Crippen molar-refractivity contribution < 1.29 is 5.48 Å². The van der Waals surface area contributed by atoms with Crippen LogP contribution in [0.2, 0.25) is 0 Å². The molecule has 0 aliphatic carbocycles. The standard InChI is InChI=1S/C6H5Br.Na.H2O.H3P.H/c7-6-4-2-1-3-5-6;;;;/h1-5H;;1H2;1H3;. The van der Waals surface area contributed by atoms with Crippen LogP contribution in [0.1, 0.15) is 0 Å². The molecule has 0 fully saturated rings. The van der Waals surface area contributed by atoms with Gasteiger partial charge >= 0.3 is 29.6 Å². The van der Waals surface area contributed by atoms with Crippen LogP contribution in [0.3, 0.4) is 0 Å². The van der Waals surface area contributed by atoms with E-state index in [0.29, 0.717) is 0 Å². The van der Waals surface area contributed by atoms with Crippen molar-refractivity contribution in [1.82, 2.24) is 0 Å². The summed E-state index contributed by atoms with van der Waals surface area (Å²) in [5.74, 6) is 0. The van der Waals surface area contributed by atoms with Crippen LogP contribution >= 0.6 is 25.8 Å². The van der Waals surface area contributed by atoms with Crippen molar-refractivity contribution in [1.29, 1.82) is 0 Å². The van der Waals surface area contributed by atoms with Gasteiger partial charge in [-0.05, 0) is 12.1 Å². The molecule has 54 valence electrons. The second-order valence-corrected chi connectivity index (χ2v) is 2.21. The summed E-state index contributed by atoms with van der Waals surface area (Å²) in [5.41, 5.74) is 0. The summed E-state index contributed by atoms with van der Waals surface area (Å²) in [5, 5.41) is 0. The summed E-state index contributed by atoms with van der Waals surface area (Å²) in [6.45, 7) is 0. The fourth-order valence-corrected chi connectivity index (χ4v) is 0.720. The van der Waals surface area contributed by atoms with Crippen LogP contribution in [-0.2, 0) is 0 Å². The van der Waals surface area contributed by atoms with E-state index in [2.05, 4.69) is 15.9 Å². The molecule has 1 unspecified atom stereocenters. The van der Waals surface area contributed by atoms with Crippen LogP contribution in [-0.4, -0.2) is 35.0 Å². The molecule has 0 bridgehead atoms. The van der Waals surface area contributed by atoms with Crippen molar-refractivity contribution in [3.8, 4) is 0 Å². The van der Waals surface area contributed by atoms with Crippen LogP contribution in [0.5, 0.6) is 0 Å². The van der Waals surface area contributed by atoms with Gasteiger partial charge in [-0.2, -0.15) is 9.90 Å². The first-order valence-corrected chi connectivity index (χ1v) is 2.89. The molecule has 0 amide bonds. The minimum atomic E-state index is 0.